The number of guanidine groups is 2. The molecule has 0 saturated carbocycles. The van der Waals surface area contributed by atoms with Gasteiger partial charge in [0.2, 0.25) is 35.3 Å². The van der Waals surface area contributed by atoms with Crippen molar-refractivity contribution in [2.75, 3.05) is 19.6 Å². The van der Waals surface area contributed by atoms with Gasteiger partial charge in [0, 0.05) is 33.0 Å². The van der Waals surface area contributed by atoms with Gasteiger partial charge in [0.25, 0.3) is 0 Å². The van der Waals surface area contributed by atoms with E-state index < -0.39 is 53.6 Å². The summed E-state index contributed by atoms with van der Waals surface area (Å²) in [5, 5.41) is 33.8. The molecule has 4 atom stereocenters. The Morgan fingerprint density at radius 1 is 0.980 bits per heavy atom. The number of nitrogens with two attached hydrogens (primary N) is 2. The maximum atomic E-state index is 13.9. The number of benzene rings is 1. The molecule has 1 aromatic heterocycles. The molecule has 13 N–H and O–H groups in total. The van der Waals surface area contributed by atoms with Crippen LogP contribution in [0.1, 0.15) is 74.5 Å². The number of fused-ring (bicyclic) bond motifs is 1. The van der Waals surface area contributed by atoms with Crippen molar-refractivity contribution in [2.45, 2.75) is 88.9 Å². The van der Waals surface area contributed by atoms with Crippen molar-refractivity contribution < 1.29 is 28.8 Å². The number of para-hydroxylation sites is 1. The smallest absolute Gasteiger partial charge is 0.243 e. The Morgan fingerprint density at radius 3 is 2.37 bits per heavy atom. The number of Topliss-reactive ketones (excluding diaryl/α,β-unsaturated/α-hetero) is 1. The Bertz CT molecular complexity index is 1550. The van der Waals surface area contributed by atoms with Crippen LogP contribution < -0.4 is 48.7 Å². The van der Waals surface area contributed by atoms with Gasteiger partial charge >= 0.3 is 0 Å². The Kier molecular flexibility index (Phi) is 16.0. The molecule has 19 heteroatoms. The van der Waals surface area contributed by atoms with Crippen LogP contribution in [0.3, 0.4) is 0 Å². The molecule has 51 heavy (non-hydrogen) atoms. The molecular weight excluding hydrogens is 680 g/mol. The second-order valence-corrected chi connectivity index (χ2v) is 13.2. The monoisotopic (exact) mass is 728 g/mol. The average Bonchev–Trinajstić information content (AvgIpc) is 3.51. The fourth-order valence-corrected chi connectivity index (χ4v) is 6.35. The lowest BCUT2D eigenvalue weighted by Gasteiger charge is -2.26. The Balaban J connectivity index is 1.88. The number of aromatic nitrogens is 1. The quantitative estimate of drug-likeness (QED) is 0.0517. The van der Waals surface area contributed by atoms with Crippen LogP contribution in [0.2, 0.25) is 0 Å². The first-order valence-electron chi connectivity index (χ1n) is 16.8. The largest absolute Gasteiger partial charge is 0.370 e. The first-order chi connectivity index (χ1) is 24.3. The van der Waals surface area contributed by atoms with Crippen LogP contribution in [0.15, 0.2) is 24.3 Å². The van der Waals surface area contributed by atoms with Crippen molar-refractivity contribution in [1.82, 2.24) is 42.2 Å². The van der Waals surface area contributed by atoms with Crippen molar-refractivity contribution in [1.29, 1.82) is 10.8 Å². The van der Waals surface area contributed by atoms with Crippen LogP contribution in [-0.4, -0.2) is 96.0 Å². The number of amides is 5. The van der Waals surface area contributed by atoms with Gasteiger partial charge < -0.3 is 48.7 Å². The van der Waals surface area contributed by atoms with Gasteiger partial charge in [-0.05, 0) is 63.5 Å². The van der Waals surface area contributed by atoms with Crippen LogP contribution >= 0.6 is 11.3 Å². The van der Waals surface area contributed by atoms with E-state index in [4.69, 9.17) is 22.3 Å². The van der Waals surface area contributed by atoms with Crippen molar-refractivity contribution in [3.8, 4) is 0 Å². The van der Waals surface area contributed by atoms with E-state index in [1.54, 1.807) is 12.1 Å². The van der Waals surface area contributed by atoms with Gasteiger partial charge in [-0.25, -0.2) is 4.98 Å². The van der Waals surface area contributed by atoms with Gasteiger partial charge in [-0.3, -0.25) is 39.6 Å². The van der Waals surface area contributed by atoms with E-state index in [0.29, 0.717) is 37.7 Å². The van der Waals surface area contributed by atoms with Crippen molar-refractivity contribution >= 4 is 68.8 Å². The predicted octanol–water partition coefficient (Wildman–Crippen LogP) is -0.955. The van der Waals surface area contributed by atoms with E-state index >= 15 is 0 Å². The van der Waals surface area contributed by atoms with Gasteiger partial charge in [0.05, 0.1) is 16.3 Å². The summed E-state index contributed by atoms with van der Waals surface area (Å²) in [6, 6.07) is 2.77. The van der Waals surface area contributed by atoms with E-state index in [0.717, 1.165) is 4.70 Å². The van der Waals surface area contributed by atoms with Crippen molar-refractivity contribution in [3.05, 3.63) is 29.3 Å². The zero-order chi connectivity index (χ0) is 37.3. The van der Waals surface area contributed by atoms with Crippen LogP contribution in [0.25, 0.3) is 10.2 Å². The fraction of sp³-hybridized carbons (Fsp3) is 0.531. The lowest BCUT2D eigenvalue weighted by molar-refractivity contribution is -0.134. The van der Waals surface area contributed by atoms with Gasteiger partial charge in [-0.15, -0.1) is 11.3 Å². The maximum Gasteiger partial charge on any atom is 0.243 e. The molecule has 278 valence electrons. The molecule has 0 radical (unpaired) electrons. The predicted molar refractivity (Wildman–Crippen MR) is 192 cm³/mol. The average molecular weight is 729 g/mol. The molecule has 0 bridgehead atoms. The highest BCUT2D eigenvalue weighted by molar-refractivity contribution is 7.20. The minimum absolute atomic E-state index is 0.0847. The highest BCUT2D eigenvalue weighted by Gasteiger charge is 2.32. The standard InChI is InChI=1S/C32H48N12O6S/c1-18(45)40-21-9-4-5-15-37-25(46)14-13-23(43-28(49)22(42-27(21)48)11-7-17-39-32(35)36)29(50)41-20(10-6-16-38-31(33)34)26(47)30-44-19-8-2-3-12-24(19)51-30/h2-3,8,12,20-23H,4-7,9-11,13-17H2,1H3,(H,37,46)(H,40,45)(H,41,50)(H,42,48)(H,43,49)(H4,33,34,38)(H4,35,36,39)/t20-,21-,22-,23-/m0/s1. The maximum absolute atomic E-state index is 13.9. The molecule has 0 unspecified atom stereocenters. The molecule has 1 aliphatic rings. The third kappa shape index (κ3) is 13.8. The molecule has 1 aromatic carbocycles. The Hall–Kier alpha value is -5.33. The highest BCUT2D eigenvalue weighted by atomic mass is 32.1. The van der Waals surface area contributed by atoms with E-state index in [1.165, 1.54) is 18.3 Å². The van der Waals surface area contributed by atoms with E-state index in [-0.39, 0.29) is 68.0 Å². The molecule has 3 rings (SSSR count). The zero-order valence-corrected chi connectivity index (χ0v) is 29.4. The lowest BCUT2D eigenvalue weighted by Crippen LogP contribution is -2.57. The molecule has 1 aliphatic heterocycles. The van der Waals surface area contributed by atoms with Crippen molar-refractivity contribution in [3.63, 3.8) is 0 Å². The van der Waals surface area contributed by atoms with E-state index in [9.17, 15) is 28.8 Å². The second-order valence-electron chi connectivity index (χ2n) is 12.1. The molecule has 5 amide bonds. The summed E-state index contributed by atoms with van der Waals surface area (Å²) >= 11 is 1.18. The SMILES string of the molecule is CC(=O)N[C@H]1CCCCNC(=O)CC[C@@H](C(=O)N[C@@H](CCCNC(=N)N)C(=O)c2nc3ccccc3s2)NC(=O)[C@H](CCCNC(=N)N)NC1=O. The minimum Gasteiger partial charge on any atom is -0.370 e. The zero-order valence-electron chi connectivity index (χ0n) is 28.6. The summed E-state index contributed by atoms with van der Waals surface area (Å²) in [5.41, 5.74) is 11.4. The summed E-state index contributed by atoms with van der Waals surface area (Å²) < 4.78 is 0.789. The molecular formula is C32H48N12O6S. The molecule has 18 nitrogen and oxygen atoms in total. The number of rotatable bonds is 13. The summed E-state index contributed by atoms with van der Waals surface area (Å²) in [6.45, 7) is 2.06. The third-order valence-corrected chi connectivity index (χ3v) is 9.02. The Morgan fingerprint density at radius 2 is 1.69 bits per heavy atom. The molecule has 0 aliphatic carbocycles. The lowest BCUT2D eigenvalue weighted by atomic mass is 10.0. The summed E-state index contributed by atoms with van der Waals surface area (Å²) in [4.78, 5) is 83.9. The molecule has 2 aromatic rings. The molecule has 2 heterocycles. The van der Waals surface area contributed by atoms with Gasteiger partial charge in [-0.2, -0.15) is 0 Å². The van der Waals surface area contributed by atoms with Gasteiger partial charge in [0.15, 0.2) is 16.9 Å². The van der Waals surface area contributed by atoms with Gasteiger partial charge in [0.1, 0.15) is 18.1 Å². The molecule has 0 spiro atoms. The van der Waals surface area contributed by atoms with Crippen LogP contribution in [0, 0.1) is 10.8 Å². The number of hydrogen-bond donors (Lipinski definition) is 11. The number of ketones is 1. The third-order valence-electron chi connectivity index (χ3n) is 7.97. The van der Waals surface area contributed by atoms with Crippen LogP contribution in [0.5, 0.6) is 0 Å². The summed E-state index contributed by atoms with van der Waals surface area (Å²) in [5.74, 6) is -3.77. The molecule has 1 saturated heterocycles. The fourth-order valence-electron chi connectivity index (χ4n) is 5.39. The Labute approximate surface area is 299 Å². The molecule has 1 fully saturated rings. The van der Waals surface area contributed by atoms with E-state index in [1.807, 2.05) is 12.1 Å². The number of hydrogen-bond acceptors (Lipinski definition) is 10. The number of nitrogens with one attached hydrogen (secondary N) is 9. The topological polar surface area (TPSA) is 299 Å². The normalized spacial score (nSPS) is 19.5. The van der Waals surface area contributed by atoms with Crippen molar-refractivity contribution in [2.24, 2.45) is 11.5 Å². The summed E-state index contributed by atoms with van der Waals surface area (Å²) in [6.07, 6.45) is 1.92. The number of thiazole rings is 1. The second kappa shape index (κ2) is 20.4. The van der Waals surface area contributed by atoms with Crippen LogP contribution in [0.4, 0.5) is 0 Å². The number of nitrogens with zero attached hydrogens (tertiary/aromatic N) is 1. The number of carbonyl (C=O) groups excluding carboxylic acids is 6. The minimum atomic E-state index is -1.28. The highest BCUT2D eigenvalue weighted by Crippen LogP contribution is 2.23. The first kappa shape index (κ1) is 40.1. The van der Waals surface area contributed by atoms with E-state index in [2.05, 4.69) is 42.2 Å². The first-order valence-corrected chi connectivity index (χ1v) is 17.7. The number of carbonyl (C=O) groups is 6. The summed E-state index contributed by atoms with van der Waals surface area (Å²) in [7, 11) is 0. The van der Waals surface area contributed by atoms with Gasteiger partial charge in [-0.1, -0.05) is 12.1 Å². The van der Waals surface area contributed by atoms with Crippen LogP contribution in [-0.2, 0) is 24.0 Å².